The van der Waals surface area contributed by atoms with Crippen LogP contribution in [0.15, 0.2) is 24.3 Å². The normalized spacial score (nSPS) is 21.1. The zero-order chi connectivity index (χ0) is 13.1. The number of aryl methyl sites for hydroxylation is 1. The molecule has 0 aliphatic heterocycles. The molecule has 1 saturated carbocycles. The van der Waals surface area contributed by atoms with Crippen molar-refractivity contribution in [1.82, 2.24) is 4.90 Å². The molecule has 0 heterocycles. The second-order valence-corrected chi connectivity index (χ2v) is 5.58. The first-order valence-electron chi connectivity index (χ1n) is 6.86. The molecule has 0 radical (unpaired) electrons. The number of Topliss-reactive ketones (excluding diaryl/α,β-unsaturated/α-hetero) is 1. The Balaban J connectivity index is 0.00000180. The number of carbonyl (C=O) groups excluding carboxylic acids is 1. The van der Waals surface area contributed by atoms with Gasteiger partial charge in [-0.25, -0.2) is 0 Å². The summed E-state index contributed by atoms with van der Waals surface area (Å²) in [6.07, 6.45) is 4.06. The van der Waals surface area contributed by atoms with Gasteiger partial charge in [-0.15, -0.1) is 12.4 Å². The number of carbonyl (C=O) groups is 1. The molecule has 1 aliphatic carbocycles. The van der Waals surface area contributed by atoms with Gasteiger partial charge in [-0.1, -0.05) is 30.7 Å². The van der Waals surface area contributed by atoms with E-state index in [1.807, 2.05) is 0 Å². The summed E-state index contributed by atoms with van der Waals surface area (Å²) in [5.41, 5.74) is 2.59. The zero-order valence-corrected chi connectivity index (χ0v) is 12.9. The van der Waals surface area contributed by atoms with Crippen molar-refractivity contribution in [2.75, 3.05) is 14.1 Å². The van der Waals surface area contributed by atoms with Gasteiger partial charge in [-0.3, -0.25) is 4.79 Å². The van der Waals surface area contributed by atoms with E-state index in [4.69, 9.17) is 0 Å². The minimum atomic E-state index is 0. The van der Waals surface area contributed by atoms with Gasteiger partial charge in [-0.2, -0.15) is 0 Å². The van der Waals surface area contributed by atoms with Crippen LogP contribution in [0.5, 0.6) is 0 Å². The average Bonchev–Trinajstić information content (AvgIpc) is 2.34. The highest BCUT2D eigenvalue weighted by Crippen LogP contribution is 2.36. The van der Waals surface area contributed by atoms with Gasteiger partial charge in [0, 0.05) is 18.4 Å². The minimum absolute atomic E-state index is 0. The van der Waals surface area contributed by atoms with Crippen LogP contribution >= 0.6 is 12.4 Å². The molecule has 0 bridgehead atoms. The maximum absolute atomic E-state index is 12.2. The van der Waals surface area contributed by atoms with Crippen LogP contribution in [0, 0.1) is 12.8 Å². The summed E-state index contributed by atoms with van der Waals surface area (Å²) in [7, 11) is 4.16. The molecule has 2 unspecified atom stereocenters. The summed E-state index contributed by atoms with van der Waals surface area (Å²) >= 11 is 0. The van der Waals surface area contributed by atoms with Crippen molar-refractivity contribution in [1.29, 1.82) is 0 Å². The maximum atomic E-state index is 12.2. The second-order valence-electron chi connectivity index (χ2n) is 5.58. The summed E-state index contributed by atoms with van der Waals surface area (Å²) in [4.78, 5) is 14.4. The molecule has 1 aliphatic rings. The Morgan fingerprint density at radius 1 is 1.21 bits per heavy atom. The molecule has 106 valence electrons. The van der Waals surface area contributed by atoms with E-state index in [0.29, 0.717) is 5.78 Å². The van der Waals surface area contributed by atoms with E-state index in [2.05, 4.69) is 50.2 Å². The van der Waals surface area contributed by atoms with E-state index in [0.717, 1.165) is 19.3 Å². The molecule has 0 amide bonds. The predicted octanol–water partition coefficient (Wildman–Crippen LogP) is 3.78. The van der Waals surface area contributed by atoms with Gasteiger partial charge < -0.3 is 4.90 Å². The van der Waals surface area contributed by atoms with Crippen molar-refractivity contribution in [3.8, 4) is 0 Å². The van der Waals surface area contributed by atoms with E-state index in [9.17, 15) is 4.79 Å². The molecule has 1 fully saturated rings. The predicted molar refractivity (Wildman–Crippen MR) is 81.8 cm³/mol. The highest BCUT2D eigenvalue weighted by atomic mass is 35.5. The first-order chi connectivity index (χ1) is 8.61. The van der Waals surface area contributed by atoms with Gasteiger partial charge in [0.2, 0.25) is 0 Å². The van der Waals surface area contributed by atoms with Crippen LogP contribution in [0.25, 0.3) is 0 Å². The third-order valence-corrected chi connectivity index (χ3v) is 4.05. The smallest absolute Gasteiger partial charge is 0.137 e. The fourth-order valence-electron chi connectivity index (χ4n) is 3.12. The summed E-state index contributed by atoms with van der Waals surface area (Å²) in [6.45, 7) is 2.14. The molecule has 1 aromatic rings. The zero-order valence-electron chi connectivity index (χ0n) is 12.1. The Kier molecular flexibility index (Phi) is 6.02. The third-order valence-electron chi connectivity index (χ3n) is 4.05. The standard InChI is InChI=1S/C16H23NO.ClH/c1-12-8-4-5-9-13(12)16(17(2)3)14-10-6-7-11-15(14)18;/h4-5,8-9,14,16H,6-7,10-11H2,1-3H3;1H. The van der Waals surface area contributed by atoms with Gasteiger partial charge in [0.1, 0.15) is 5.78 Å². The third kappa shape index (κ3) is 3.58. The Hall–Kier alpha value is -0.860. The van der Waals surface area contributed by atoms with Gasteiger partial charge in [0.25, 0.3) is 0 Å². The summed E-state index contributed by atoms with van der Waals surface area (Å²) in [6, 6.07) is 8.68. The first kappa shape index (κ1) is 16.2. The van der Waals surface area contributed by atoms with E-state index >= 15 is 0 Å². The van der Waals surface area contributed by atoms with Crippen LogP contribution in [0.3, 0.4) is 0 Å². The number of rotatable bonds is 3. The number of halogens is 1. The fraction of sp³-hybridized carbons (Fsp3) is 0.562. The van der Waals surface area contributed by atoms with Crippen molar-refractivity contribution in [3.63, 3.8) is 0 Å². The van der Waals surface area contributed by atoms with Crippen molar-refractivity contribution >= 4 is 18.2 Å². The SMILES string of the molecule is Cc1ccccc1C(C1CCCCC1=O)N(C)C.Cl. The quantitative estimate of drug-likeness (QED) is 0.840. The number of hydrogen-bond donors (Lipinski definition) is 0. The number of hydrogen-bond acceptors (Lipinski definition) is 2. The molecular formula is C16H24ClNO. The van der Waals surface area contributed by atoms with Crippen LogP contribution in [0.1, 0.15) is 42.9 Å². The molecule has 0 saturated heterocycles. The monoisotopic (exact) mass is 281 g/mol. The van der Waals surface area contributed by atoms with E-state index in [1.165, 1.54) is 17.5 Å². The van der Waals surface area contributed by atoms with Crippen LogP contribution in [-0.2, 0) is 4.79 Å². The Morgan fingerprint density at radius 2 is 1.89 bits per heavy atom. The highest BCUT2D eigenvalue weighted by molar-refractivity contribution is 5.85. The summed E-state index contributed by atoms with van der Waals surface area (Å²) < 4.78 is 0. The minimum Gasteiger partial charge on any atom is -0.302 e. The lowest BCUT2D eigenvalue weighted by Gasteiger charge is -2.35. The van der Waals surface area contributed by atoms with E-state index in [-0.39, 0.29) is 24.4 Å². The van der Waals surface area contributed by atoms with E-state index in [1.54, 1.807) is 0 Å². The van der Waals surface area contributed by atoms with Crippen LogP contribution in [0.2, 0.25) is 0 Å². The van der Waals surface area contributed by atoms with Crippen molar-refractivity contribution < 1.29 is 4.79 Å². The molecule has 2 rings (SSSR count). The fourth-order valence-corrected chi connectivity index (χ4v) is 3.12. The van der Waals surface area contributed by atoms with Gasteiger partial charge >= 0.3 is 0 Å². The average molecular weight is 282 g/mol. The van der Waals surface area contributed by atoms with Gasteiger partial charge in [0.05, 0.1) is 0 Å². The molecule has 0 aromatic heterocycles. The van der Waals surface area contributed by atoms with Gasteiger partial charge in [0.15, 0.2) is 0 Å². The lowest BCUT2D eigenvalue weighted by molar-refractivity contribution is -0.126. The summed E-state index contributed by atoms with van der Waals surface area (Å²) in [5.74, 6) is 0.623. The van der Waals surface area contributed by atoms with Crippen molar-refractivity contribution in [2.24, 2.45) is 5.92 Å². The molecule has 19 heavy (non-hydrogen) atoms. The van der Waals surface area contributed by atoms with E-state index < -0.39 is 0 Å². The Bertz CT molecular complexity index is 431. The van der Waals surface area contributed by atoms with Gasteiger partial charge in [-0.05, 0) is 45.0 Å². The molecule has 0 N–H and O–H groups in total. The van der Waals surface area contributed by atoms with Crippen LogP contribution < -0.4 is 0 Å². The van der Waals surface area contributed by atoms with Crippen molar-refractivity contribution in [2.45, 2.75) is 38.6 Å². The molecule has 0 spiro atoms. The lowest BCUT2D eigenvalue weighted by Crippen LogP contribution is -2.34. The molecule has 2 nitrogen and oxygen atoms in total. The molecular weight excluding hydrogens is 258 g/mol. The number of benzene rings is 1. The van der Waals surface area contributed by atoms with Crippen LogP contribution in [0.4, 0.5) is 0 Å². The Labute approximate surface area is 122 Å². The maximum Gasteiger partial charge on any atom is 0.137 e. The first-order valence-corrected chi connectivity index (χ1v) is 6.86. The van der Waals surface area contributed by atoms with Crippen LogP contribution in [-0.4, -0.2) is 24.8 Å². The highest BCUT2D eigenvalue weighted by Gasteiger charge is 2.33. The molecule has 1 aromatic carbocycles. The molecule has 2 atom stereocenters. The number of nitrogens with zero attached hydrogens (tertiary/aromatic N) is 1. The Morgan fingerprint density at radius 3 is 2.47 bits per heavy atom. The number of ketones is 1. The second kappa shape index (κ2) is 7.06. The topological polar surface area (TPSA) is 20.3 Å². The molecule has 3 heteroatoms. The van der Waals surface area contributed by atoms with Crippen molar-refractivity contribution in [3.05, 3.63) is 35.4 Å². The lowest BCUT2D eigenvalue weighted by atomic mass is 9.78. The summed E-state index contributed by atoms with van der Waals surface area (Å²) in [5, 5.41) is 0. The largest absolute Gasteiger partial charge is 0.302 e.